The van der Waals surface area contributed by atoms with Gasteiger partial charge >= 0.3 is 0 Å². The van der Waals surface area contributed by atoms with E-state index in [9.17, 15) is 4.79 Å². The third kappa shape index (κ3) is 3.96. The molecule has 0 fully saturated rings. The summed E-state index contributed by atoms with van der Waals surface area (Å²) in [6.07, 6.45) is 3.01. The zero-order valence-corrected chi connectivity index (χ0v) is 15.9. The van der Waals surface area contributed by atoms with Crippen molar-refractivity contribution in [3.05, 3.63) is 65.0 Å². The minimum Gasteiger partial charge on any atom is -0.352 e. The van der Waals surface area contributed by atoms with Gasteiger partial charge in [-0.25, -0.2) is 4.98 Å². The maximum Gasteiger partial charge on any atom is 0.251 e. The van der Waals surface area contributed by atoms with Gasteiger partial charge in [0.1, 0.15) is 5.82 Å². The van der Waals surface area contributed by atoms with Crippen LogP contribution in [0.2, 0.25) is 0 Å². The Bertz CT molecular complexity index is 911. The lowest BCUT2D eigenvalue weighted by Gasteiger charge is -2.10. The van der Waals surface area contributed by atoms with Crippen molar-refractivity contribution in [1.29, 1.82) is 0 Å². The molecule has 0 radical (unpaired) electrons. The number of hydrogen-bond donors (Lipinski definition) is 1. The number of nitrogens with one attached hydrogen (secondary N) is 1. The molecule has 4 nitrogen and oxygen atoms in total. The SMILES string of the molecule is CCCCn1c(CCNC(=O)c2ccc(C)cc2C)nc2ccccc21. The first-order valence-electron chi connectivity index (χ1n) is 9.39. The second-order valence-corrected chi connectivity index (χ2v) is 6.85. The van der Waals surface area contributed by atoms with Crippen LogP contribution in [0.5, 0.6) is 0 Å². The second-order valence-electron chi connectivity index (χ2n) is 6.85. The standard InChI is InChI=1S/C22H27N3O/c1-4-5-14-25-20-9-7-6-8-19(20)24-21(25)12-13-23-22(26)18-11-10-16(2)15-17(18)3/h6-11,15H,4-5,12-14H2,1-3H3,(H,23,26). The minimum absolute atomic E-state index is 0.0151. The number of hydrogen-bond acceptors (Lipinski definition) is 2. The molecular formula is C22H27N3O. The number of amides is 1. The van der Waals surface area contributed by atoms with Crippen LogP contribution in [0.15, 0.2) is 42.5 Å². The Morgan fingerprint density at radius 2 is 1.96 bits per heavy atom. The van der Waals surface area contributed by atoms with E-state index in [0.717, 1.165) is 48.3 Å². The van der Waals surface area contributed by atoms with Crippen molar-refractivity contribution in [3.8, 4) is 0 Å². The van der Waals surface area contributed by atoms with Crippen molar-refractivity contribution >= 4 is 16.9 Å². The summed E-state index contributed by atoms with van der Waals surface area (Å²) in [6, 6.07) is 14.2. The van der Waals surface area contributed by atoms with Crippen LogP contribution in [0.25, 0.3) is 11.0 Å². The monoisotopic (exact) mass is 349 g/mol. The van der Waals surface area contributed by atoms with Gasteiger partial charge in [-0.05, 0) is 44.0 Å². The first-order chi connectivity index (χ1) is 12.6. The first kappa shape index (κ1) is 18.2. The zero-order valence-electron chi connectivity index (χ0n) is 15.9. The molecule has 0 unspecified atom stereocenters. The molecule has 0 aliphatic rings. The fourth-order valence-electron chi connectivity index (χ4n) is 3.33. The van der Waals surface area contributed by atoms with E-state index in [2.05, 4.69) is 35.0 Å². The van der Waals surface area contributed by atoms with Crippen LogP contribution in [0.1, 0.15) is 47.1 Å². The van der Waals surface area contributed by atoms with Crippen LogP contribution in [0.4, 0.5) is 0 Å². The highest BCUT2D eigenvalue weighted by molar-refractivity contribution is 5.95. The van der Waals surface area contributed by atoms with E-state index in [1.807, 2.05) is 38.1 Å². The average molecular weight is 349 g/mol. The Kier molecular flexibility index (Phi) is 5.71. The van der Waals surface area contributed by atoms with E-state index in [0.29, 0.717) is 6.54 Å². The van der Waals surface area contributed by atoms with Crippen molar-refractivity contribution < 1.29 is 4.79 Å². The topological polar surface area (TPSA) is 46.9 Å². The van der Waals surface area contributed by atoms with E-state index < -0.39 is 0 Å². The quantitative estimate of drug-likeness (QED) is 0.686. The largest absolute Gasteiger partial charge is 0.352 e. The summed E-state index contributed by atoms with van der Waals surface area (Å²) in [6.45, 7) is 7.77. The van der Waals surface area contributed by atoms with Crippen molar-refractivity contribution in [2.75, 3.05) is 6.54 Å². The van der Waals surface area contributed by atoms with Crippen molar-refractivity contribution in [3.63, 3.8) is 0 Å². The number of nitrogens with zero attached hydrogens (tertiary/aromatic N) is 2. The second kappa shape index (κ2) is 8.17. The van der Waals surface area contributed by atoms with Gasteiger partial charge in [-0.3, -0.25) is 4.79 Å². The van der Waals surface area contributed by atoms with Crippen molar-refractivity contribution in [2.45, 2.75) is 46.6 Å². The number of rotatable bonds is 7. The Balaban J connectivity index is 1.70. The van der Waals surface area contributed by atoms with Crippen molar-refractivity contribution in [2.24, 2.45) is 0 Å². The van der Waals surface area contributed by atoms with Crippen LogP contribution in [0.3, 0.4) is 0 Å². The molecule has 0 saturated heterocycles. The van der Waals surface area contributed by atoms with Crippen molar-refractivity contribution in [1.82, 2.24) is 14.9 Å². The van der Waals surface area contributed by atoms with Gasteiger partial charge < -0.3 is 9.88 Å². The molecule has 3 aromatic rings. The van der Waals surface area contributed by atoms with E-state index in [1.54, 1.807) is 0 Å². The third-order valence-corrected chi connectivity index (χ3v) is 4.73. The van der Waals surface area contributed by atoms with E-state index in [-0.39, 0.29) is 5.91 Å². The van der Waals surface area contributed by atoms with Gasteiger partial charge in [0.15, 0.2) is 0 Å². The molecule has 1 amide bonds. The van der Waals surface area contributed by atoms with Crippen LogP contribution in [0, 0.1) is 13.8 Å². The highest BCUT2D eigenvalue weighted by atomic mass is 16.1. The highest BCUT2D eigenvalue weighted by Crippen LogP contribution is 2.17. The number of fused-ring (bicyclic) bond motifs is 1. The molecule has 26 heavy (non-hydrogen) atoms. The number of imidazole rings is 1. The number of benzene rings is 2. The highest BCUT2D eigenvalue weighted by Gasteiger charge is 2.12. The molecule has 136 valence electrons. The Morgan fingerprint density at radius 3 is 2.73 bits per heavy atom. The predicted octanol–water partition coefficient (Wildman–Crippen LogP) is 4.43. The summed E-state index contributed by atoms with van der Waals surface area (Å²) in [5.41, 5.74) is 5.13. The van der Waals surface area contributed by atoms with E-state index in [1.165, 1.54) is 11.1 Å². The molecule has 0 aliphatic carbocycles. The number of carbonyl (C=O) groups excluding carboxylic acids is 1. The Labute approximate surface area is 155 Å². The van der Waals surface area contributed by atoms with E-state index in [4.69, 9.17) is 4.98 Å². The number of carbonyl (C=O) groups is 1. The maximum atomic E-state index is 12.5. The molecule has 1 N–H and O–H groups in total. The minimum atomic E-state index is -0.0151. The smallest absolute Gasteiger partial charge is 0.251 e. The van der Waals surface area contributed by atoms with Crippen LogP contribution >= 0.6 is 0 Å². The summed E-state index contributed by atoms with van der Waals surface area (Å²) in [5, 5.41) is 3.04. The lowest BCUT2D eigenvalue weighted by Crippen LogP contribution is -2.27. The Morgan fingerprint density at radius 1 is 1.15 bits per heavy atom. The summed E-state index contributed by atoms with van der Waals surface area (Å²) < 4.78 is 2.29. The van der Waals surface area contributed by atoms with Crippen LogP contribution < -0.4 is 5.32 Å². The molecule has 1 heterocycles. The number of aryl methyl sites for hydroxylation is 3. The van der Waals surface area contributed by atoms with Gasteiger partial charge in [0, 0.05) is 25.1 Å². The molecule has 3 rings (SSSR count). The van der Waals surface area contributed by atoms with Gasteiger partial charge in [-0.2, -0.15) is 0 Å². The van der Waals surface area contributed by atoms with Gasteiger partial charge in [0.2, 0.25) is 0 Å². The molecule has 0 spiro atoms. The lowest BCUT2D eigenvalue weighted by molar-refractivity contribution is 0.0953. The molecular weight excluding hydrogens is 322 g/mol. The lowest BCUT2D eigenvalue weighted by atomic mass is 10.1. The molecule has 1 aromatic heterocycles. The summed E-state index contributed by atoms with van der Waals surface area (Å²) >= 11 is 0. The normalized spacial score (nSPS) is 11.0. The number of aromatic nitrogens is 2. The fourth-order valence-corrected chi connectivity index (χ4v) is 3.33. The zero-order chi connectivity index (χ0) is 18.5. The first-order valence-corrected chi connectivity index (χ1v) is 9.39. The van der Waals surface area contributed by atoms with Gasteiger partial charge in [-0.1, -0.05) is 43.2 Å². The predicted molar refractivity (Wildman–Crippen MR) is 107 cm³/mol. The average Bonchev–Trinajstić information content (AvgIpc) is 2.97. The fraction of sp³-hybridized carbons (Fsp3) is 0.364. The Hall–Kier alpha value is -2.62. The molecule has 0 atom stereocenters. The summed E-state index contributed by atoms with van der Waals surface area (Å²) in [5.74, 6) is 1.03. The molecule has 0 aliphatic heterocycles. The molecule has 2 aromatic carbocycles. The maximum absolute atomic E-state index is 12.5. The van der Waals surface area contributed by atoms with Gasteiger partial charge in [-0.15, -0.1) is 0 Å². The summed E-state index contributed by atoms with van der Waals surface area (Å²) in [7, 11) is 0. The summed E-state index contributed by atoms with van der Waals surface area (Å²) in [4.78, 5) is 17.2. The molecule has 4 heteroatoms. The number of para-hydroxylation sites is 2. The molecule has 0 bridgehead atoms. The molecule has 0 saturated carbocycles. The van der Waals surface area contributed by atoms with Gasteiger partial charge in [0.25, 0.3) is 5.91 Å². The van der Waals surface area contributed by atoms with E-state index >= 15 is 0 Å². The third-order valence-electron chi connectivity index (χ3n) is 4.73. The van der Waals surface area contributed by atoms with Crippen LogP contribution in [-0.2, 0) is 13.0 Å². The van der Waals surface area contributed by atoms with Crippen LogP contribution in [-0.4, -0.2) is 22.0 Å². The van der Waals surface area contributed by atoms with Gasteiger partial charge in [0.05, 0.1) is 11.0 Å². The number of unbranched alkanes of at least 4 members (excludes halogenated alkanes) is 1.